The van der Waals surface area contributed by atoms with Gasteiger partial charge in [-0.3, -0.25) is 0 Å². The standard InChI is InChI=1S/C3H2NO.C2HN2S/c1-2-4-5-3-1;1-2-5-4-3-1/h1,3H;2H. The van der Waals surface area contributed by atoms with E-state index in [4.69, 9.17) is 0 Å². The van der Waals surface area contributed by atoms with E-state index >= 15 is 0 Å². The SMILES string of the molecule is [c]1ccon1.[c]1csnn1. The van der Waals surface area contributed by atoms with Crippen molar-refractivity contribution in [3.63, 3.8) is 0 Å². The molecule has 0 atom stereocenters. The highest BCUT2D eigenvalue weighted by Crippen LogP contribution is 1.77. The molecular weight excluding hydrogens is 150 g/mol. The fourth-order valence-corrected chi connectivity index (χ4v) is 0.506. The number of hydrogen-bond acceptors (Lipinski definition) is 5. The van der Waals surface area contributed by atoms with Crippen LogP contribution in [0, 0.1) is 12.4 Å². The Hall–Kier alpha value is -1.23. The molecule has 0 aromatic carbocycles. The van der Waals surface area contributed by atoms with Crippen molar-refractivity contribution < 1.29 is 4.52 Å². The van der Waals surface area contributed by atoms with E-state index in [1.54, 1.807) is 11.4 Å². The third-order valence-electron chi connectivity index (χ3n) is 0.560. The molecule has 2 radical (unpaired) electrons. The Bertz CT molecular complexity index is 156. The second kappa shape index (κ2) is 4.63. The first-order valence-electron chi connectivity index (χ1n) is 2.39. The van der Waals surface area contributed by atoms with E-state index < -0.39 is 0 Å². The lowest BCUT2D eigenvalue weighted by Crippen LogP contribution is -1.52. The number of rotatable bonds is 0. The summed E-state index contributed by atoms with van der Waals surface area (Å²) in [5.74, 6) is 0. The van der Waals surface area contributed by atoms with E-state index in [2.05, 4.69) is 31.7 Å². The summed E-state index contributed by atoms with van der Waals surface area (Å²) < 4.78 is 7.74. The van der Waals surface area contributed by atoms with Crippen molar-refractivity contribution in [1.29, 1.82) is 0 Å². The summed E-state index contributed by atoms with van der Waals surface area (Å²) >= 11 is 1.30. The van der Waals surface area contributed by atoms with E-state index in [0.717, 1.165) is 0 Å². The van der Waals surface area contributed by atoms with Gasteiger partial charge < -0.3 is 4.52 Å². The zero-order valence-corrected chi connectivity index (χ0v) is 5.71. The Kier molecular flexibility index (Phi) is 3.19. The second-order valence-electron chi connectivity index (χ2n) is 1.16. The molecule has 0 unspecified atom stereocenters. The first kappa shape index (κ1) is 6.88. The maximum Gasteiger partial charge on any atom is 0.135 e. The second-order valence-corrected chi connectivity index (χ2v) is 1.77. The van der Waals surface area contributed by atoms with Crippen molar-refractivity contribution in [2.24, 2.45) is 0 Å². The lowest BCUT2D eigenvalue weighted by Gasteiger charge is -1.47. The van der Waals surface area contributed by atoms with E-state index in [0.29, 0.717) is 0 Å². The molecule has 0 N–H and O–H groups in total. The maximum atomic E-state index is 4.28. The summed E-state index contributed by atoms with van der Waals surface area (Å²) in [4.78, 5) is 0. The Labute approximate surface area is 61.6 Å². The summed E-state index contributed by atoms with van der Waals surface area (Å²) in [6, 6.07) is 1.60. The van der Waals surface area contributed by atoms with Gasteiger partial charge in [-0.2, -0.15) is 0 Å². The zero-order valence-electron chi connectivity index (χ0n) is 4.89. The fourth-order valence-electron chi connectivity index (χ4n) is 0.270. The Morgan fingerprint density at radius 3 is 2.60 bits per heavy atom. The highest BCUT2D eigenvalue weighted by Gasteiger charge is 1.63. The quantitative estimate of drug-likeness (QED) is 0.562. The Morgan fingerprint density at radius 2 is 2.40 bits per heavy atom. The highest BCUT2D eigenvalue weighted by atomic mass is 32.1. The maximum absolute atomic E-state index is 4.28. The van der Waals surface area contributed by atoms with Crippen LogP contribution in [0.3, 0.4) is 0 Å². The highest BCUT2D eigenvalue weighted by molar-refractivity contribution is 7.03. The van der Waals surface area contributed by atoms with Gasteiger partial charge in [-0.15, -0.1) is 5.10 Å². The van der Waals surface area contributed by atoms with Crippen LogP contribution >= 0.6 is 11.5 Å². The average Bonchev–Trinajstić information content (AvgIpc) is 2.67. The van der Waals surface area contributed by atoms with Crippen molar-refractivity contribution >= 4 is 11.5 Å². The monoisotopic (exact) mass is 153 g/mol. The molecule has 0 saturated carbocycles. The molecule has 2 aromatic heterocycles. The van der Waals surface area contributed by atoms with Crippen LogP contribution in [0.25, 0.3) is 0 Å². The van der Waals surface area contributed by atoms with Crippen molar-refractivity contribution in [2.75, 3.05) is 0 Å². The van der Waals surface area contributed by atoms with Crippen LogP contribution in [0.2, 0.25) is 0 Å². The van der Waals surface area contributed by atoms with E-state index in [9.17, 15) is 0 Å². The van der Waals surface area contributed by atoms with E-state index in [1.807, 2.05) is 0 Å². The van der Waals surface area contributed by atoms with Crippen LogP contribution in [0.4, 0.5) is 0 Å². The van der Waals surface area contributed by atoms with Crippen molar-refractivity contribution in [1.82, 2.24) is 14.7 Å². The lowest BCUT2D eigenvalue weighted by molar-refractivity contribution is 0.418. The minimum Gasteiger partial charge on any atom is -0.364 e. The fraction of sp³-hybridized carbons (Fsp3) is 0. The van der Waals surface area contributed by atoms with E-state index in [-0.39, 0.29) is 0 Å². The summed E-state index contributed by atoms with van der Waals surface area (Å²) in [6.45, 7) is 0. The van der Waals surface area contributed by atoms with Gasteiger partial charge in [0.05, 0.1) is 0 Å². The minimum absolute atomic E-state index is 1.30. The summed E-state index contributed by atoms with van der Waals surface area (Å²) in [5, 5.41) is 8.28. The van der Waals surface area contributed by atoms with Crippen molar-refractivity contribution in [3.05, 3.63) is 30.1 Å². The molecule has 0 bridgehead atoms. The van der Waals surface area contributed by atoms with Gasteiger partial charge in [0.1, 0.15) is 18.7 Å². The van der Waals surface area contributed by atoms with Crippen LogP contribution in [-0.4, -0.2) is 14.7 Å². The molecule has 2 aromatic rings. The Balaban J connectivity index is 0.0000001000. The van der Waals surface area contributed by atoms with Gasteiger partial charge in [-0.25, -0.2) is 0 Å². The van der Waals surface area contributed by atoms with Gasteiger partial charge in [-0.1, -0.05) is 9.64 Å². The zero-order chi connectivity index (χ0) is 7.07. The molecule has 5 heteroatoms. The molecule has 0 aliphatic carbocycles. The number of aromatic nitrogens is 3. The van der Waals surface area contributed by atoms with Crippen molar-refractivity contribution in [3.8, 4) is 0 Å². The average molecular weight is 153 g/mol. The molecule has 0 amide bonds. The topological polar surface area (TPSA) is 51.8 Å². The largest absolute Gasteiger partial charge is 0.364 e. The predicted octanol–water partition coefficient (Wildman–Crippen LogP) is 0.813. The molecule has 0 aliphatic heterocycles. The van der Waals surface area contributed by atoms with E-state index in [1.165, 1.54) is 17.8 Å². The molecule has 50 valence electrons. The summed E-state index contributed by atoms with van der Waals surface area (Å²) in [6.07, 6.45) is 6.42. The molecule has 0 fully saturated rings. The number of nitrogens with zero attached hydrogens (tertiary/aromatic N) is 3. The molecule has 0 aliphatic rings. The lowest BCUT2D eigenvalue weighted by atomic mass is 10.8. The van der Waals surface area contributed by atoms with Gasteiger partial charge in [0.2, 0.25) is 0 Å². The van der Waals surface area contributed by atoms with Crippen molar-refractivity contribution in [2.45, 2.75) is 0 Å². The van der Waals surface area contributed by atoms with Gasteiger partial charge in [0.15, 0.2) is 0 Å². The van der Waals surface area contributed by atoms with Crippen LogP contribution in [0.15, 0.2) is 22.2 Å². The first-order chi connectivity index (χ1) is 5.00. The molecule has 4 nitrogen and oxygen atoms in total. The van der Waals surface area contributed by atoms with Crippen LogP contribution in [0.1, 0.15) is 0 Å². The predicted molar refractivity (Wildman–Crippen MR) is 34.1 cm³/mol. The number of hydrogen-bond donors (Lipinski definition) is 0. The smallest absolute Gasteiger partial charge is 0.135 e. The van der Waals surface area contributed by atoms with Gasteiger partial charge in [0.25, 0.3) is 0 Å². The third-order valence-corrected chi connectivity index (χ3v) is 0.947. The van der Waals surface area contributed by atoms with Gasteiger partial charge in [-0.05, 0) is 11.5 Å². The van der Waals surface area contributed by atoms with Gasteiger partial charge >= 0.3 is 0 Å². The molecule has 0 spiro atoms. The first-order valence-corrected chi connectivity index (χ1v) is 3.23. The van der Waals surface area contributed by atoms with Crippen LogP contribution in [-0.2, 0) is 0 Å². The van der Waals surface area contributed by atoms with Crippen LogP contribution in [0.5, 0.6) is 0 Å². The minimum atomic E-state index is 1.30. The molecule has 2 rings (SSSR count). The molecule has 2 heterocycles. The Morgan fingerprint density at radius 1 is 1.40 bits per heavy atom. The van der Waals surface area contributed by atoms with Crippen LogP contribution < -0.4 is 0 Å². The summed E-state index contributed by atoms with van der Waals surface area (Å²) in [5.41, 5.74) is 0. The molecule has 10 heavy (non-hydrogen) atoms. The van der Waals surface area contributed by atoms with Gasteiger partial charge in [0, 0.05) is 11.4 Å². The summed E-state index contributed by atoms with van der Waals surface area (Å²) in [7, 11) is 0. The third kappa shape index (κ3) is 2.93. The normalized spacial score (nSPS) is 8.00. The molecule has 0 saturated heterocycles. The molecular formula is C5H3N3OS.